The van der Waals surface area contributed by atoms with Crippen LogP contribution in [0.3, 0.4) is 0 Å². The molecule has 1 nitrogen and oxygen atoms in total. The minimum Gasteiger partial charge on any atom is -0.147 e. The molecule has 1 N–H and O–H groups in total. The molecule has 2 unspecified atom stereocenters. The summed E-state index contributed by atoms with van der Waals surface area (Å²) in [5.41, 5.74) is 4.92. The SMILES string of the molecule is CC1=C(C)C(C)[C]([Ti]([CH3])(=[SiH2])[NH]C(C)(C)C)=C1C.Cl.Cl. The Morgan fingerprint density at radius 2 is 1.47 bits per heavy atom. The van der Waals surface area contributed by atoms with Crippen LogP contribution in [0.1, 0.15) is 48.5 Å². The van der Waals surface area contributed by atoms with Crippen LogP contribution in [0.5, 0.6) is 0 Å². The van der Waals surface area contributed by atoms with E-state index in [-0.39, 0.29) is 30.4 Å². The number of nitrogens with one attached hydrogen (secondary N) is 1. The van der Waals surface area contributed by atoms with Gasteiger partial charge in [0.15, 0.2) is 0 Å². The normalized spacial score (nSPS) is 22.8. The second kappa shape index (κ2) is 7.29. The van der Waals surface area contributed by atoms with Crippen LogP contribution in [0.2, 0.25) is 5.23 Å². The minimum absolute atomic E-state index is 0. The van der Waals surface area contributed by atoms with Gasteiger partial charge in [-0.05, 0) is 0 Å². The van der Waals surface area contributed by atoms with Gasteiger partial charge in [-0.2, -0.15) is 0 Å². The van der Waals surface area contributed by atoms with E-state index in [2.05, 4.69) is 65.1 Å². The van der Waals surface area contributed by atoms with Gasteiger partial charge in [0.25, 0.3) is 0 Å². The first kappa shape index (κ1) is 22.2. The van der Waals surface area contributed by atoms with Gasteiger partial charge in [0.2, 0.25) is 0 Å². The first-order valence-electron chi connectivity index (χ1n) is 6.51. The Balaban J connectivity index is 0. The molecule has 19 heavy (non-hydrogen) atoms. The van der Waals surface area contributed by atoms with Crippen LogP contribution in [0.4, 0.5) is 0 Å². The summed E-state index contributed by atoms with van der Waals surface area (Å²) >= 11 is -2.05. The van der Waals surface area contributed by atoms with Crippen molar-refractivity contribution in [1.82, 2.24) is 3.80 Å². The molecule has 0 aromatic heterocycles. The van der Waals surface area contributed by atoms with Gasteiger partial charge in [0.1, 0.15) is 0 Å². The van der Waals surface area contributed by atoms with Gasteiger partial charge >= 0.3 is 113 Å². The molecule has 0 amide bonds. The molecule has 0 radical (unpaired) electrons. The third-order valence-corrected chi connectivity index (χ3v) is 11.3. The van der Waals surface area contributed by atoms with Crippen molar-refractivity contribution in [3.8, 4) is 0 Å². The van der Waals surface area contributed by atoms with Gasteiger partial charge < -0.3 is 0 Å². The van der Waals surface area contributed by atoms with E-state index >= 15 is 0 Å². The van der Waals surface area contributed by atoms with Crippen molar-refractivity contribution < 1.29 is 15.6 Å². The Hall–Kier alpha value is 0.951. The van der Waals surface area contributed by atoms with Crippen molar-refractivity contribution in [2.24, 2.45) is 5.92 Å². The average molecular weight is 359 g/mol. The first-order valence-corrected chi connectivity index (χ1v) is 13.7. The van der Waals surface area contributed by atoms with Crippen molar-refractivity contribution in [2.75, 3.05) is 0 Å². The molecule has 113 valence electrons. The molecule has 0 aromatic rings. The molecule has 1 rings (SSSR count). The van der Waals surface area contributed by atoms with Crippen molar-refractivity contribution in [3.05, 3.63) is 20.6 Å². The van der Waals surface area contributed by atoms with E-state index in [1.807, 2.05) is 0 Å². The second-order valence-corrected chi connectivity index (χ2v) is 18.0. The zero-order chi connectivity index (χ0) is 13.6. The van der Waals surface area contributed by atoms with E-state index in [9.17, 15) is 0 Å². The van der Waals surface area contributed by atoms with E-state index in [0.717, 1.165) is 0 Å². The van der Waals surface area contributed by atoms with Crippen LogP contribution in [-0.2, 0) is 15.6 Å². The molecule has 0 spiro atoms. The fourth-order valence-corrected chi connectivity index (χ4v) is 13.9. The fraction of sp³-hybridized carbons (Fsp3) is 0.714. The van der Waals surface area contributed by atoms with Gasteiger partial charge in [-0.3, -0.25) is 0 Å². The Morgan fingerprint density at radius 3 is 1.74 bits per heavy atom. The largest absolute Gasteiger partial charge is 0.147 e. The minimum atomic E-state index is -2.05. The van der Waals surface area contributed by atoms with Crippen LogP contribution < -0.4 is 3.80 Å². The average Bonchev–Trinajstić information content (AvgIpc) is 2.27. The Labute approximate surface area is 137 Å². The van der Waals surface area contributed by atoms with Crippen molar-refractivity contribution in [2.45, 2.75) is 59.2 Å². The summed E-state index contributed by atoms with van der Waals surface area (Å²) in [6.45, 7) is 16.1. The van der Waals surface area contributed by atoms with E-state index in [0.29, 0.717) is 5.92 Å². The summed E-state index contributed by atoms with van der Waals surface area (Å²) in [6.07, 6.45) is 0. The van der Waals surface area contributed by atoms with Gasteiger partial charge in [-0.1, -0.05) is 0 Å². The van der Waals surface area contributed by atoms with E-state index in [1.54, 1.807) is 15.0 Å². The number of hydrogen-bond acceptors (Lipinski definition) is 1. The predicted octanol–water partition coefficient (Wildman–Crippen LogP) is 4.14. The third kappa shape index (κ3) is 5.02. The van der Waals surface area contributed by atoms with Crippen molar-refractivity contribution in [1.29, 1.82) is 0 Å². The van der Waals surface area contributed by atoms with E-state index in [4.69, 9.17) is 0 Å². The number of halogens is 2. The molecule has 1 aliphatic rings. The molecule has 2 atom stereocenters. The monoisotopic (exact) mass is 358 g/mol. The van der Waals surface area contributed by atoms with Crippen LogP contribution in [-0.4, -0.2) is 13.2 Å². The Bertz CT molecular complexity index is 447. The number of allylic oxidation sites excluding steroid dienone is 4. The van der Waals surface area contributed by atoms with Gasteiger partial charge in [-0.15, -0.1) is 24.8 Å². The van der Waals surface area contributed by atoms with Crippen molar-refractivity contribution in [3.63, 3.8) is 0 Å². The molecule has 0 aromatic carbocycles. The van der Waals surface area contributed by atoms with Crippen LogP contribution in [0, 0.1) is 5.92 Å². The molecule has 1 aliphatic carbocycles. The molecule has 0 saturated heterocycles. The third-order valence-electron chi connectivity index (χ3n) is 3.89. The summed E-state index contributed by atoms with van der Waals surface area (Å²) < 4.78 is 5.71. The quantitative estimate of drug-likeness (QED) is 0.731. The maximum Gasteiger partial charge on any atom is -0.147 e. The maximum absolute atomic E-state index is 3.95. The summed E-state index contributed by atoms with van der Waals surface area (Å²) in [6, 6.07) is 0. The zero-order valence-corrected chi connectivity index (χ0v) is 18.2. The standard InChI is InChI=1S/C9H13.C4H10N.CH3.2ClH.H2Si.Ti/c1-6-5-7(2)9(4)8(6)3;1-4(2,3)5;;;;;/h6H,1-4H3;5H,1-3H3;1H3;2*1H;1H2;/q;-1;;;;;+1. The van der Waals surface area contributed by atoms with Crippen molar-refractivity contribution >= 4 is 32.4 Å². The van der Waals surface area contributed by atoms with Gasteiger partial charge in [0, 0.05) is 0 Å². The molecule has 0 heterocycles. The molecular weight excluding hydrogens is 329 g/mol. The summed E-state index contributed by atoms with van der Waals surface area (Å²) in [4.78, 5) is 0. The zero-order valence-electron chi connectivity index (χ0n) is 13.6. The number of hydrogen-bond donors (Lipinski definition) is 1. The smallest absolute Gasteiger partial charge is 0.147 e. The molecular formula is C14H30Cl2NSiTi. The molecule has 0 saturated carbocycles. The Morgan fingerprint density at radius 1 is 1.05 bits per heavy atom. The number of rotatable bonds is 2. The van der Waals surface area contributed by atoms with E-state index in [1.165, 1.54) is 5.57 Å². The fourth-order valence-electron chi connectivity index (χ4n) is 3.15. The summed E-state index contributed by atoms with van der Waals surface area (Å²) in [7, 11) is 2.26. The van der Waals surface area contributed by atoms with Gasteiger partial charge in [-0.25, -0.2) is 0 Å². The molecule has 5 heteroatoms. The molecule has 0 bridgehead atoms. The van der Waals surface area contributed by atoms with E-state index < -0.39 is 15.6 Å². The first-order chi connectivity index (χ1) is 7.47. The van der Waals surface area contributed by atoms with Crippen LogP contribution in [0.15, 0.2) is 20.6 Å². The van der Waals surface area contributed by atoms with Crippen LogP contribution >= 0.6 is 24.8 Å². The second-order valence-electron chi connectivity index (χ2n) is 6.78. The summed E-state index contributed by atoms with van der Waals surface area (Å²) in [5.74, 6) is 0.660. The topological polar surface area (TPSA) is 12.0 Å². The molecule has 0 aliphatic heterocycles. The summed E-state index contributed by atoms with van der Waals surface area (Å²) in [5, 5.41) is 2.50. The Kier molecular flexibility index (Phi) is 8.53. The molecule has 0 fully saturated rings. The maximum atomic E-state index is 3.95. The van der Waals surface area contributed by atoms with Gasteiger partial charge in [0.05, 0.1) is 0 Å². The predicted molar refractivity (Wildman–Crippen MR) is 92.0 cm³/mol. The van der Waals surface area contributed by atoms with Crippen LogP contribution in [0.25, 0.3) is 0 Å².